The molecule has 1 fully saturated rings. The molecule has 0 unspecified atom stereocenters. The average molecular weight is 486 g/mol. The number of fused-ring (bicyclic) bond motifs is 1. The quantitative estimate of drug-likeness (QED) is 0.385. The molecule has 0 radical (unpaired) electrons. The van der Waals surface area contributed by atoms with Crippen LogP contribution < -0.4 is 15.8 Å². The van der Waals surface area contributed by atoms with Crippen molar-refractivity contribution in [2.75, 3.05) is 43.4 Å². The molecule has 2 aromatic heterocycles. The van der Waals surface area contributed by atoms with Crippen molar-refractivity contribution in [2.24, 2.45) is 0 Å². The number of aromatic carboxylic acids is 1. The highest BCUT2D eigenvalue weighted by Crippen LogP contribution is 2.23. The fourth-order valence-electron chi connectivity index (χ4n) is 4.36. The van der Waals surface area contributed by atoms with E-state index in [1.54, 1.807) is 22.9 Å². The van der Waals surface area contributed by atoms with E-state index in [1.165, 1.54) is 28.7 Å². The minimum absolute atomic E-state index is 0.111. The van der Waals surface area contributed by atoms with Crippen LogP contribution in [-0.4, -0.2) is 68.5 Å². The molecule has 36 heavy (non-hydrogen) atoms. The van der Waals surface area contributed by atoms with Gasteiger partial charge in [-0.15, -0.1) is 6.58 Å². The highest BCUT2D eigenvalue weighted by Gasteiger charge is 2.18. The number of benzene rings is 2. The predicted molar refractivity (Wildman–Crippen MR) is 140 cm³/mol. The predicted octanol–water partition coefficient (Wildman–Crippen LogP) is 2.96. The third-order valence-corrected chi connectivity index (χ3v) is 6.31. The van der Waals surface area contributed by atoms with Crippen molar-refractivity contribution >= 4 is 34.3 Å². The van der Waals surface area contributed by atoms with Gasteiger partial charge in [-0.3, -0.25) is 4.79 Å². The van der Waals surface area contributed by atoms with Gasteiger partial charge in [-0.2, -0.15) is 4.98 Å². The van der Waals surface area contributed by atoms with Crippen LogP contribution in [0.1, 0.15) is 10.4 Å². The first-order chi connectivity index (χ1) is 17.4. The monoisotopic (exact) mass is 485 g/mol. The minimum atomic E-state index is -1.05. The topological polar surface area (TPSA) is 109 Å². The SMILES string of the molecule is C=CCn1c(=O)c2cnc(Nc3ccc(N4CCN(C)CC4)cc3)nc2n1-c1cccc(C(=O)O)c1. The third kappa shape index (κ3) is 4.46. The van der Waals surface area contributed by atoms with Gasteiger partial charge in [0, 0.05) is 43.8 Å². The number of rotatable bonds is 7. The van der Waals surface area contributed by atoms with Gasteiger partial charge in [-0.05, 0) is 49.5 Å². The maximum atomic E-state index is 13.1. The van der Waals surface area contributed by atoms with Gasteiger partial charge in [0.15, 0.2) is 5.65 Å². The summed E-state index contributed by atoms with van der Waals surface area (Å²) in [4.78, 5) is 38.3. The molecule has 2 N–H and O–H groups in total. The normalized spacial score (nSPS) is 14.2. The van der Waals surface area contributed by atoms with Crippen LogP contribution >= 0.6 is 0 Å². The summed E-state index contributed by atoms with van der Waals surface area (Å²) in [7, 11) is 2.13. The molecule has 4 aromatic rings. The number of hydrogen-bond donors (Lipinski definition) is 2. The van der Waals surface area contributed by atoms with Gasteiger partial charge in [0.25, 0.3) is 5.56 Å². The van der Waals surface area contributed by atoms with Gasteiger partial charge < -0.3 is 20.2 Å². The van der Waals surface area contributed by atoms with E-state index in [0.29, 0.717) is 22.7 Å². The minimum Gasteiger partial charge on any atom is -0.478 e. The lowest BCUT2D eigenvalue weighted by atomic mass is 10.2. The number of anilines is 3. The molecule has 0 atom stereocenters. The number of carboxylic acid groups (broad SMARTS) is 1. The molecule has 0 amide bonds. The first-order valence-electron chi connectivity index (χ1n) is 11.7. The second kappa shape index (κ2) is 9.67. The van der Waals surface area contributed by atoms with E-state index in [4.69, 9.17) is 0 Å². The lowest BCUT2D eigenvalue weighted by Gasteiger charge is -2.34. The van der Waals surface area contributed by atoms with Crippen LogP contribution in [0, 0.1) is 0 Å². The standard InChI is InChI=1S/C26H27N7O3/c1-3-11-32-24(34)22-17-27-26(29-23(22)33(32)21-6-4-5-18(16-21)25(35)36)28-19-7-9-20(10-8-19)31-14-12-30(2)13-15-31/h3-10,16-17H,1,11-15H2,2H3,(H,35,36)(H,27,28,29). The number of hydrogen-bond acceptors (Lipinski definition) is 7. The highest BCUT2D eigenvalue weighted by atomic mass is 16.4. The molecule has 0 spiro atoms. The van der Waals surface area contributed by atoms with Gasteiger partial charge in [0.2, 0.25) is 5.95 Å². The maximum absolute atomic E-state index is 13.1. The summed E-state index contributed by atoms with van der Waals surface area (Å²) in [6.45, 7) is 8.03. The fourth-order valence-corrected chi connectivity index (χ4v) is 4.36. The Morgan fingerprint density at radius 1 is 1.11 bits per heavy atom. The molecular weight excluding hydrogens is 458 g/mol. The zero-order chi connectivity index (χ0) is 25.2. The van der Waals surface area contributed by atoms with Crippen LogP contribution in [0.5, 0.6) is 0 Å². The number of nitrogens with zero attached hydrogens (tertiary/aromatic N) is 6. The van der Waals surface area contributed by atoms with Crippen LogP contribution in [-0.2, 0) is 6.54 Å². The smallest absolute Gasteiger partial charge is 0.335 e. The van der Waals surface area contributed by atoms with Crippen molar-refractivity contribution in [3.05, 3.63) is 83.3 Å². The van der Waals surface area contributed by atoms with Gasteiger partial charge in [-0.1, -0.05) is 12.1 Å². The average Bonchev–Trinajstić information content (AvgIpc) is 3.16. The van der Waals surface area contributed by atoms with Crippen molar-refractivity contribution in [2.45, 2.75) is 6.54 Å². The Labute approximate surface area is 207 Å². The molecule has 1 saturated heterocycles. The van der Waals surface area contributed by atoms with E-state index < -0.39 is 5.97 Å². The van der Waals surface area contributed by atoms with Crippen molar-refractivity contribution < 1.29 is 9.90 Å². The molecule has 1 aliphatic heterocycles. The molecular formula is C26H27N7O3. The lowest BCUT2D eigenvalue weighted by molar-refractivity contribution is 0.0697. The molecule has 184 valence electrons. The van der Waals surface area contributed by atoms with E-state index in [-0.39, 0.29) is 17.7 Å². The second-order valence-electron chi connectivity index (χ2n) is 8.74. The second-order valence-corrected chi connectivity index (χ2v) is 8.74. The Hall–Kier alpha value is -4.44. The third-order valence-electron chi connectivity index (χ3n) is 6.31. The number of carbonyl (C=O) groups is 1. The first-order valence-corrected chi connectivity index (χ1v) is 11.7. The van der Waals surface area contributed by atoms with Crippen molar-refractivity contribution in [1.82, 2.24) is 24.2 Å². The van der Waals surface area contributed by atoms with E-state index in [0.717, 1.165) is 31.9 Å². The van der Waals surface area contributed by atoms with Crippen LogP contribution in [0.25, 0.3) is 16.7 Å². The molecule has 3 heterocycles. The highest BCUT2D eigenvalue weighted by molar-refractivity contribution is 5.88. The van der Waals surface area contributed by atoms with E-state index >= 15 is 0 Å². The summed E-state index contributed by atoms with van der Waals surface area (Å²) >= 11 is 0. The van der Waals surface area contributed by atoms with Crippen LogP contribution in [0.15, 0.2) is 72.2 Å². The molecule has 1 aliphatic rings. The number of aromatic nitrogens is 4. The molecule has 0 bridgehead atoms. The van der Waals surface area contributed by atoms with E-state index in [9.17, 15) is 14.7 Å². The van der Waals surface area contributed by atoms with Crippen LogP contribution in [0.3, 0.4) is 0 Å². The largest absolute Gasteiger partial charge is 0.478 e. The summed E-state index contributed by atoms with van der Waals surface area (Å²) in [6, 6.07) is 14.5. The van der Waals surface area contributed by atoms with Crippen LogP contribution in [0.2, 0.25) is 0 Å². The zero-order valence-electron chi connectivity index (χ0n) is 20.0. The first kappa shape index (κ1) is 23.3. The summed E-state index contributed by atoms with van der Waals surface area (Å²) in [5.74, 6) is -0.725. The Kier molecular flexibility index (Phi) is 6.26. The fraction of sp³-hybridized carbons (Fsp3) is 0.231. The van der Waals surface area contributed by atoms with Gasteiger partial charge in [0.05, 0.1) is 17.8 Å². The zero-order valence-corrected chi connectivity index (χ0v) is 20.0. The van der Waals surface area contributed by atoms with Crippen molar-refractivity contribution in [3.63, 3.8) is 0 Å². The van der Waals surface area contributed by atoms with E-state index in [2.05, 4.69) is 50.8 Å². The van der Waals surface area contributed by atoms with Crippen molar-refractivity contribution in [3.8, 4) is 5.69 Å². The summed E-state index contributed by atoms with van der Waals surface area (Å²) in [5.41, 5.74) is 2.69. The molecule has 5 rings (SSSR count). The summed E-state index contributed by atoms with van der Waals surface area (Å²) in [6.07, 6.45) is 3.09. The van der Waals surface area contributed by atoms with Crippen molar-refractivity contribution in [1.29, 1.82) is 0 Å². The Morgan fingerprint density at radius 2 is 1.86 bits per heavy atom. The molecule has 10 heteroatoms. The number of nitrogens with one attached hydrogen (secondary N) is 1. The molecule has 2 aromatic carbocycles. The number of allylic oxidation sites excluding steroid dienone is 1. The van der Waals surface area contributed by atoms with Gasteiger partial charge in [-0.25, -0.2) is 19.1 Å². The molecule has 0 aliphatic carbocycles. The van der Waals surface area contributed by atoms with Gasteiger partial charge in [0.1, 0.15) is 5.39 Å². The number of piperazine rings is 1. The number of carboxylic acids is 1. The molecule has 10 nitrogen and oxygen atoms in total. The maximum Gasteiger partial charge on any atom is 0.335 e. The van der Waals surface area contributed by atoms with Crippen LogP contribution in [0.4, 0.5) is 17.3 Å². The Balaban J connectivity index is 1.49. The lowest BCUT2D eigenvalue weighted by Crippen LogP contribution is -2.44. The summed E-state index contributed by atoms with van der Waals surface area (Å²) in [5, 5.41) is 13.0. The van der Waals surface area contributed by atoms with E-state index in [1.807, 2.05) is 12.1 Å². The molecule has 0 saturated carbocycles. The van der Waals surface area contributed by atoms with Gasteiger partial charge >= 0.3 is 5.97 Å². The Morgan fingerprint density at radius 3 is 2.56 bits per heavy atom. The Bertz CT molecular complexity index is 1480. The summed E-state index contributed by atoms with van der Waals surface area (Å²) < 4.78 is 3.07. The number of likely N-dealkylation sites (N-methyl/N-ethyl adjacent to an activating group) is 1.